The van der Waals surface area contributed by atoms with Crippen LogP contribution >= 0.6 is 11.6 Å². The van der Waals surface area contributed by atoms with Gasteiger partial charge in [-0.3, -0.25) is 0 Å². The van der Waals surface area contributed by atoms with Crippen molar-refractivity contribution in [3.05, 3.63) is 64.9 Å². The fourth-order valence-corrected chi connectivity index (χ4v) is 2.85. The van der Waals surface area contributed by atoms with Crippen molar-refractivity contribution in [3.8, 4) is 0 Å². The van der Waals surface area contributed by atoms with Crippen LogP contribution < -0.4 is 0 Å². The van der Waals surface area contributed by atoms with E-state index < -0.39 is 0 Å². The quantitative estimate of drug-likeness (QED) is 0.505. The molecule has 0 atom stereocenters. The highest BCUT2D eigenvalue weighted by Gasteiger charge is 2.07. The highest BCUT2D eigenvalue weighted by molar-refractivity contribution is 6.30. The number of imidazole rings is 1. The van der Waals surface area contributed by atoms with E-state index in [2.05, 4.69) is 41.8 Å². The molecular formula is C20H21ClN2. The number of hydrogen-bond donors (Lipinski definition) is 0. The summed E-state index contributed by atoms with van der Waals surface area (Å²) in [6, 6.07) is 16.2. The Morgan fingerprint density at radius 2 is 1.78 bits per heavy atom. The first-order valence-electron chi connectivity index (χ1n) is 8.17. The molecule has 3 rings (SSSR count). The van der Waals surface area contributed by atoms with Crippen LogP contribution in [0, 0.1) is 0 Å². The van der Waals surface area contributed by atoms with E-state index in [1.165, 1.54) is 24.8 Å². The number of halogens is 1. The number of fused-ring (bicyclic) bond motifs is 1. The molecule has 1 heterocycles. The summed E-state index contributed by atoms with van der Waals surface area (Å²) < 4.78 is 2.32. The smallest absolute Gasteiger partial charge is 0.133 e. The lowest BCUT2D eigenvalue weighted by atomic mass is 10.2. The van der Waals surface area contributed by atoms with Gasteiger partial charge in [-0.25, -0.2) is 4.98 Å². The summed E-state index contributed by atoms with van der Waals surface area (Å²) in [6.07, 6.45) is 7.83. The van der Waals surface area contributed by atoms with Crippen LogP contribution in [0.25, 0.3) is 23.2 Å². The lowest BCUT2D eigenvalue weighted by Gasteiger charge is -2.06. The van der Waals surface area contributed by atoms with E-state index in [9.17, 15) is 0 Å². The summed E-state index contributed by atoms with van der Waals surface area (Å²) in [5.74, 6) is 1.01. The fraction of sp³-hybridized carbons (Fsp3) is 0.250. The Labute approximate surface area is 142 Å². The van der Waals surface area contributed by atoms with E-state index in [0.717, 1.165) is 28.5 Å². The minimum atomic E-state index is 0.758. The molecule has 0 spiro atoms. The van der Waals surface area contributed by atoms with Gasteiger partial charge in [0.05, 0.1) is 11.0 Å². The molecule has 1 aromatic heterocycles. The van der Waals surface area contributed by atoms with E-state index in [4.69, 9.17) is 16.6 Å². The average Bonchev–Trinajstić information content (AvgIpc) is 2.93. The maximum atomic E-state index is 5.94. The lowest BCUT2D eigenvalue weighted by Crippen LogP contribution is -2.00. The number of benzene rings is 2. The number of nitrogens with zero attached hydrogens (tertiary/aromatic N) is 2. The molecular weight excluding hydrogens is 304 g/mol. The van der Waals surface area contributed by atoms with Crippen LogP contribution in [-0.4, -0.2) is 9.55 Å². The average molecular weight is 325 g/mol. The number of aryl methyl sites for hydroxylation is 1. The highest BCUT2D eigenvalue weighted by atomic mass is 35.5. The van der Waals surface area contributed by atoms with Gasteiger partial charge in [0.15, 0.2) is 0 Å². The Morgan fingerprint density at radius 1 is 1.00 bits per heavy atom. The van der Waals surface area contributed by atoms with Gasteiger partial charge in [0, 0.05) is 11.6 Å². The summed E-state index contributed by atoms with van der Waals surface area (Å²) in [7, 11) is 0. The van der Waals surface area contributed by atoms with Gasteiger partial charge in [-0.05, 0) is 42.3 Å². The van der Waals surface area contributed by atoms with Crippen molar-refractivity contribution in [1.29, 1.82) is 0 Å². The van der Waals surface area contributed by atoms with E-state index in [0.29, 0.717) is 0 Å². The second-order valence-electron chi connectivity index (χ2n) is 5.70. The number of para-hydroxylation sites is 2. The molecule has 2 nitrogen and oxygen atoms in total. The normalized spacial score (nSPS) is 11.6. The molecule has 3 heteroatoms. The zero-order valence-corrected chi connectivity index (χ0v) is 14.1. The van der Waals surface area contributed by atoms with Gasteiger partial charge in [0.2, 0.25) is 0 Å². The monoisotopic (exact) mass is 324 g/mol. The van der Waals surface area contributed by atoms with Crippen LogP contribution in [0.4, 0.5) is 0 Å². The zero-order valence-electron chi connectivity index (χ0n) is 13.4. The predicted molar refractivity (Wildman–Crippen MR) is 99.6 cm³/mol. The van der Waals surface area contributed by atoms with Gasteiger partial charge in [0.1, 0.15) is 5.82 Å². The van der Waals surface area contributed by atoms with Crippen LogP contribution in [0.2, 0.25) is 5.02 Å². The Bertz CT molecular complexity index is 800. The summed E-state index contributed by atoms with van der Waals surface area (Å²) in [6.45, 7) is 3.24. The molecule has 0 amide bonds. The highest BCUT2D eigenvalue weighted by Crippen LogP contribution is 2.19. The standard InChI is InChI=1S/C20H21ClN2/c1-2-3-6-15-23-19-8-5-4-7-18(19)22-20(23)14-11-16-9-12-17(21)13-10-16/h4-5,7-14H,2-3,6,15H2,1H3/b14-11+. The topological polar surface area (TPSA) is 17.8 Å². The molecule has 0 aliphatic carbocycles. The predicted octanol–water partition coefficient (Wildman–Crippen LogP) is 6.05. The molecule has 118 valence electrons. The molecule has 3 aromatic rings. The Kier molecular flexibility index (Phi) is 5.14. The molecule has 0 N–H and O–H groups in total. The maximum absolute atomic E-state index is 5.94. The van der Waals surface area contributed by atoms with E-state index >= 15 is 0 Å². The molecule has 0 saturated carbocycles. The summed E-state index contributed by atoms with van der Waals surface area (Å²) in [5.41, 5.74) is 3.39. The van der Waals surface area contributed by atoms with Gasteiger partial charge in [-0.15, -0.1) is 0 Å². The number of aromatic nitrogens is 2. The first-order chi connectivity index (χ1) is 11.3. The minimum Gasteiger partial charge on any atom is -0.324 e. The minimum absolute atomic E-state index is 0.758. The zero-order chi connectivity index (χ0) is 16.1. The molecule has 23 heavy (non-hydrogen) atoms. The SMILES string of the molecule is CCCCCn1c(/C=C/c2ccc(Cl)cc2)nc2ccccc21. The van der Waals surface area contributed by atoms with Gasteiger partial charge in [-0.1, -0.05) is 61.7 Å². The van der Waals surface area contributed by atoms with Crippen molar-refractivity contribution in [2.75, 3.05) is 0 Å². The molecule has 0 saturated heterocycles. The third-order valence-electron chi connectivity index (χ3n) is 3.96. The third-order valence-corrected chi connectivity index (χ3v) is 4.22. The largest absolute Gasteiger partial charge is 0.324 e. The second kappa shape index (κ2) is 7.47. The molecule has 0 fully saturated rings. The summed E-state index contributed by atoms with van der Waals surface area (Å²) in [4.78, 5) is 4.77. The van der Waals surface area contributed by atoms with E-state index in [1.807, 2.05) is 30.3 Å². The van der Waals surface area contributed by atoms with E-state index in [-0.39, 0.29) is 0 Å². The lowest BCUT2D eigenvalue weighted by molar-refractivity contribution is 0.610. The molecule has 0 bridgehead atoms. The molecule has 0 aliphatic rings. The molecule has 0 unspecified atom stereocenters. The Hall–Kier alpha value is -2.06. The molecule has 2 aromatic carbocycles. The van der Waals surface area contributed by atoms with Gasteiger partial charge < -0.3 is 4.57 Å². The first kappa shape index (κ1) is 15.8. The fourth-order valence-electron chi connectivity index (χ4n) is 2.72. The first-order valence-corrected chi connectivity index (χ1v) is 8.54. The Balaban J connectivity index is 1.92. The van der Waals surface area contributed by atoms with Gasteiger partial charge >= 0.3 is 0 Å². The van der Waals surface area contributed by atoms with Crippen molar-refractivity contribution in [1.82, 2.24) is 9.55 Å². The third kappa shape index (κ3) is 3.83. The summed E-state index contributed by atoms with van der Waals surface area (Å²) in [5, 5.41) is 0.758. The summed E-state index contributed by atoms with van der Waals surface area (Å²) >= 11 is 5.94. The van der Waals surface area contributed by atoms with E-state index in [1.54, 1.807) is 0 Å². The number of hydrogen-bond acceptors (Lipinski definition) is 1. The second-order valence-corrected chi connectivity index (χ2v) is 6.14. The van der Waals surface area contributed by atoms with Crippen LogP contribution in [0.3, 0.4) is 0 Å². The maximum Gasteiger partial charge on any atom is 0.133 e. The number of unbranched alkanes of at least 4 members (excludes halogenated alkanes) is 2. The van der Waals surface area contributed by atoms with Crippen molar-refractivity contribution in [2.45, 2.75) is 32.7 Å². The van der Waals surface area contributed by atoms with Crippen LogP contribution in [0.1, 0.15) is 37.6 Å². The van der Waals surface area contributed by atoms with Crippen molar-refractivity contribution >= 4 is 34.8 Å². The van der Waals surface area contributed by atoms with Crippen molar-refractivity contribution < 1.29 is 0 Å². The van der Waals surface area contributed by atoms with Crippen molar-refractivity contribution in [2.24, 2.45) is 0 Å². The van der Waals surface area contributed by atoms with Gasteiger partial charge in [-0.2, -0.15) is 0 Å². The van der Waals surface area contributed by atoms with Gasteiger partial charge in [0.25, 0.3) is 0 Å². The van der Waals surface area contributed by atoms with Crippen LogP contribution in [0.15, 0.2) is 48.5 Å². The van der Waals surface area contributed by atoms with Crippen LogP contribution in [-0.2, 0) is 6.54 Å². The molecule has 0 aliphatic heterocycles. The molecule has 0 radical (unpaired) electrons. The van der Waals surface area contributed by atoms with Crippen molar-refractivity contribution in [3.63, 3.8) is 0 Å². The van der Waals surface area contributed by atoms with Crippen LogP contribution in [0.5, 0.6) is 0 Å². The number of rotatable bonds is 6. The Morgan fingerprint density at radius 3 is 2.57 bits per heavy atom.